The zero-order chi connectivity index (χ0) is 23.1. The van der Waals surface area contributed by atoms with Crippen molar-refractivity contribution >= 4 is 40.6 Å². The van der Waals surface area contributed by atoms with E-state index in [9.17, 15) is 4.79 Å². The number of nitrogens with zero attached hydrogens (tertiary/aromatic N) is 5. The number of carbonyl (C=O) groups excluding carboxylic acids is 1. The maximum absolute atomic E-state index is 12.1. The molecule has 0 aliphatic rings. The molecular formula is C22H27ClN8O. The summed E-state index contributed by atoms with van der Waals surface area (Å²) < 4.78 is 1.68. The molecule has 0 radical (unpaired) electrons. The highest BCUT2D eigenvalue weighted by Crippen LogP contribution is 2.26. The van der Waals surface area contributed by atoms with Gasteiger partial charge in [0.2, 0.25) is 11.9 Å². The smallest absolute Gasteiger partial charge is 0.248 e. The number of carbonyl (C=O) groups is 1. The maximum Gasteiger partial charge on any atom is 0.248 e. The third kappa shape index (κ3) is 6.79. The highest BCUT2D eigenvalue weighted by molar-refractivity contribution is 6.32. The van der Waals surface area contributed by atoms with Crippen molar-refractivity contribution in [3.05, 3.63) is 65.6 Å². The second kappa shape index (κ2) is 10.7. The number of hydrogen-bond donors (Lipinski definition) is 3. The lowest BCUT2D eigenvalue weighted by Crippen LogP contribution is -2.13. The van der Waals surface area contributed by atoms with Crippen LogP contribution < -0.4 is 16.0 Å². The molecule has 2 aromatic heterocycles. The van der Waals surface area contributed by atoms with Crippen LogP contribution in [0.1, 0.15) is 18.5 Å². The van der Waals surface area contributed by atoms with Crippen LogP contribution >= 0.6 is 11.6 Å². The van der Waals surface area contributed by atoms with Gasteiger partial charge in [0.25, 0.3) is 0 Å². The van der Waals surface area contributed by atoms with Gasteiger partial charge in [0.15, 0.2) is 5.82 Å². The predicted octanol–water partition coefficient (Wildman–Crippen LogP) is 3.84. The fourth-order valence-corrected chi connectivity index (χ4v) is 3.02. The van der Waals surface area contributed by atoms with Crippen molar-refractivity contribution < 1.29 is 4.79 Å². The number of benzene rings is 1. The molecule has 1 amide bonds. The molecule has 1 aromatic carbocycles. The summed E-state index contributed by atoms with van der Waals surface area (Å²) in [6.45, 7) is 2.69. The molecule has 1 unspecified atom stereocenters. The number of hydrogen-bond acceptors (Lipinski definition) is 7. The SMILES string of the molecule is CC(Nc1nc(Nc2cnn(C)c2)ncc1Cl)c1cccc(NC(=O)C=CCN(C)C)c1. The summed E-state index contributed by atoms with van der Waals surface area (Å²) in [4.78, 5) is 22.8. The van der Waals surface area contributed by atoms with Gasteiger partial charge in [-0.15, -0.1) is 0 Å². The molecule has 2 heterocycles. The van der Waals surface area contributed by atoms with Gasteiger partial charge >= 0.3 is 0 Å². The number of rotatable bonds is 9. The van der Waals surface area contributed by atoms with Crippen molar-refractivity contribution in [2.75, 3.05) is 36.6 Å². The Morgan fingerprint density at radius 3 is 2.81 bits per heavy atom. The maximum atomic E-state index is 12.1. The lowest BCUT2D eigenvalue weighted by atomic mass is 10.1. The minimum Gasteiger partial charge on any atom is -0.362 e. The fraction of sp³-hybridized carbons (Fsp3) is 0.273. The van der Waals surface area contributed by atoms with E-state index in [1.165, 1.54) is 6.08 Å². The number of amides is 1. The molecule has 0 spiro atoms. The Bertz CT molecular complexity index is 1100. The minimum atomic E-state index is -0.172. The van der Waals surface area contributed by atoms with Gasteiger partial charge in [-0.05, 0) is 38.7 Å². The number of halogens is 1. The molecule has 32 heavy (non-hydrogen) atoms. The van der Waals surface area contributed by atoms with E-state index in [-0.39, 0.29) is 11.9 Å². The van der Waals surface area contributed by atoms with Crippen LogP contribution in [0.25, 0.3) is 0 Å². The van der Waals surface area contributed by atoms with Crippen LogP contribution in [0.2, 0.25) is 5.02 Å². The van der Waals surface area contributed by atoms with E-state index in [4.69, 9.17) is 11.6 Å². The first kappa shape index (κ1) is 23.2. The third-order valence-corrected chi connectivity index (χ3v) is 4.73. The largest absolute Gasteiger partial charge is 0.362 e. The lowest BCUT2D eigenvalue weighted by Gasteiger charge is -2.17. The van der Waals surface area contributed by atoms with Crippen molar-refractivity contribution in [3.8, 4) is 0 Å². The van der Waals surface area contributed by atoms with E-state index in [2.05, 4.69) is 31.0 Å². The Morgan fingerprint density at radius 2 is 2.09 bits per heavy atom. The molecule has 0 aliphatic heterocycles. The average molecular weight is 455 g/mol. The van der Waals surface area contributed by atoms with Crippen LogP contribution in [0, 0.1) is 0 Å². The predicted molar refractivity (Wildman–Crippen MR) is 128 cm³/mol. The van der Waals surface area contributed by atoms with Crippen LogP contribution in [0.3, 0.4) is 0 Å². The van der Waals surface area contributed by atoms with Gasteiger partial charge in [0.1, 0.15) is 5.02 Å². The summed E-state index contributed by atoms with van der Waals surface area (Å²) in [6.07, 6.45) is 8.40. The summed E-state index contributed by atoms with van der Waals surface area (Å²) >= 11 is 6.31. The van der Waals surface area contributed by atoms with Gasteiger partial charge in [0.05, 0.1) is 24.1 Å². The van der Waals surface area contributed by atoms with Crippen LogP contribution in [-0.2, 0) is 11.8 Å². The average Bonchev–Trinajstić information content (AvgIpc) is 3.15. The van der Waals surface area contributed by atoms with Gasteiger partial charge in [-0.1, -0.05) is 29.8 Å². The Labute approximate surface area is 192 Å². The zero-order valence-electron chi connectivity index (χ0n) is 18.5. The van der Waals surface area contributed by atoms with Gasteiger partial charge in [0, 0.05) is 31.6 Å². The Morgan fingerprint density at radius 1 is 1.28 bits per heavy atom. The Kier molecular flexibility index (Phi) is 7.80. The number of anilines is 4. The number of aromatic nitrogens is 4. The highest BCUT2D eigenvalue weighted by atomic mass is 35.5. The molecule has 9 nitrogen and oxygen atoms in total. The van der Waals surface area contributed by atoms with E-state index in [0.717, 1.165) is 11.3 Å². The molecule has 3 N–H and O–H groups in total. The second-order valence-electron chi connectivity index (χ2n) is 7.56. The van der Waals surface area contributed by atoms with Crippen molar-refractivity contribution in [1.29, 1.82) is 0 Å². The van der Waals surface area contributed by atoms with E-state index < -0.39 is 0 Å². The summed E-state index contributed by atoms with van der Waals surface area (Å²) in [5.74, 6) is 0.735. The molecule has 10 heteroatoms. The third-order valence-electron chi connectivity index (χ3n) is 4.45. The minimum absolute atomic E-state index is 0.116. The van der Waals surface area contributed by atoms with E-state index in [1.54, 1.807) is 17.1 Å². The van der Waals surface area contributed by atoms with Gasteiger partial charge in [-0.3, -0.25) is 9.48 Å². The molecule has 1 atom stereocenters. The van der Waals surface area contributed by atoms with Crippen LogP contribution in [0.4, 0.5) is 23.1 Å². The van der Waals surface area contributed by atoms with E-state index >= 15 is 0 Å². The summed E-state index contributed by atoms with van der Waals surface area (Å²) in [6, 6.07) is 7.51. The molecule has 3 aromatic rings. The molecule has 3 rings (SSSR count). The van der Waals surface area contributed by atoms with Crippen molar-refractivity contribution in [1.82, 2.24) is 24.6 Å². The van der Waals surface area contributed by atoms with Gasteiger partial charge in [-0.25, -0.2) is 4.98 Å². The van der Waals surface area contributed by atoms with Crippen molar-refractivity contribution in [2.24, 2.45) is 7.05 Å². The van der Waals surface area contributed by atoms with Crippen molar-refractivity contribution in [2.45, 2.75) is 13.0 Å². The number of nitrogens with one attached hydrogen (secondary N) is 3. The highest BCUT2D eigenvalue weighted by Gasteiger charge is 2.12. The first-order valence-electron chi connectivity index (χ1n) is 10.1. The molecule has 0 saturated heterocycles. The standard InChI is InChI=1S/C22H27ClN8O/c1-15(16-7-5-8-17(11-16)27-20(32)9-6-10-30(2)3)26-21-19(23)13-24-22(29-21)28-18-12-25-31(4)14-18/h5-9,11-15H,10H2,1-4H3,(H,27,32)(H2,24,26,28,29). The number of likely N-dealkylation sites (N-methyl/N-ethyl adjacent to an activating group) is 1. The first-order chi connectivity index (χ1) is 15.3. The second-order valence-corrected chi connectivity index (χ2v) is 7.97. The topological polar surface area (TPSA) is 100 Å². The van der Waals surface area contributed by atoms with Gasteiger partial charge in [-0.2, -0.15) is 10.1 Å². The van der Waals surface area contributed by atoms with Crippen LogP contribution in [0.5, 0.6) is 0 Å². The molecule has 168 valence electrons. The monoisotopic (exact) mass is 454 g/mol. The van der Waals surface area contributed by atoms with E-state index in [0.29, 0.717) is 29.0 Å². The van der Waals surface area contributed by atoms with E-state index in [1.807, 2.05) is 69.5 Å². The quantitative estimate of drug-likeness (QED) is 0.422. The summed E-state index contributed by atoms with van der Waals surface area (Å²) in [5, 5.41) is 13.8. The zero-order valence-corrected chi connectivity index (χ0v) is 19.3. The molecule has 0 fully saturated rings. The number of aryl methyl sites for hydroxylation is 1. The van der Waals surface area contributed by atoms with Crippen molar-refractivity contribution in [3.63, 3.8) is 0 Å². The van der Waals surface area contributed by atoms with Gasteiger partial charge < -0.3 is 20.9 Å². The molecule has 0 bridgehead atoms. The lowest BCUT2D eigenvalue weighted by molar-refractivity contribution is -0.111. The molecular weight excluding hydrogens is 428 g/mol. The molecule has 0 saturated carbocycles. The Hall–Kier alpha value is -3.43. The molecule has 0 aliphatic carbocycles. The first-order valence-corrected chi connectivity index (χ1v) is 10.4. The Balaban J connectivity index is 1.67. The summed E-state index contributed by atoms with van der Waals surface area (Å²) in [5.41, 5.74) is 2.46. The van der Waals surface area contributed by atoms with Crippen LogP contribution in [0.15, 0.2) is 55.0 Å². The normalized spacial score (nSPS) is 12.2. The summed E-state index contributed by atoms with van der Waals surface area (Å²) in [7, 11) is 5.73. The van der Waals surface area contributed by atoms with Crippen LogP contribution in [-0.4, -0.2) is 51.2 Å². The fourth-order valence-electron chi connectivity index (χ4n) is 2.87.